The molecule has 0 aliphatic heterocycles. The largest absolute Gasteiger partial charge is 0.398 e. The predicted octanol–water partition coefficient (Wildman–Crippen LogP) is 4.16. The Kier molecular flexibility index (Phi) is 4.66. The minimum absolute atomic E-state index is 0.703. The van der Waals surface area contributed by atoms with Crippen molar-refractivity contribution in [1.29, 1.82) is 0 Å². The van der Waals surface area contributed by atoms with Crippen LogP contribution < -0.4 is 5.73 Å². The molecule has 0 bridgehead atoms. The zero-order valence-electron chi connectivity index (χ0n) is 7.76. The second-order valence-electron chi connectivity index (χ2n) is 2.93. The Morgan fingerprint density at radius 2 is 2.29 bits per heavy atom. The van der Waals surface area contributed by atoms with Crippen LogP contribution in [-0.2, 0) is 0 Å². The zero-order chi connectivity index (χ0) is 10.6. The van der Waals surface area contributed by atoms with E-state index < -0.39 is 0 Å². The smallest absolute Gasteiger partial charge is 0.0453 e. The molecule has 0 aliphatic carbocycles. The molecule has 4 heteroatoms. The highest BCUT2D eigenvalue weighted by atomic mass is 35.5. The van der Waals surface area contributed by atoms with Crippen LogP contribution in [-0.4, -0.2) is 5.75 Å². The van der Waals surface area contributed by atoms with Crippen LogP contribution in [0, 0.1) is 0 Å². The number of benzene rings is 1. The van der Waals surface area contributed by atoms with Crippen molar-refractivity contribution in [1.82, 2.24) is 0 Å². The van der Waals surface area contributed by atoms with Crippen molar-refractivity contribution >= 4 is 40.7 Å². The summed E-state index contributed by atoms with van der Waals surface area (Å²) >= 11 is 13.0. The van der Waals surface area contributed by atoms with E-state index in [9.17, 15) is 0 Å². The summed E-state index contributed by atoms with van der Waals surface area (Å²) in [6.45, 7) is 1.97. The minimum atomic E-state index is 0.703. The molecule has 0 atom stereocenters. The van der Waals surface area contributed by atoms with Crippen LogP contribution in [0.3, 0.4) is 0 Å². The molecule has 1 rings (SSSR count). The van der Waals surface area contributed by atoms with E-state index in [4.69, 9.17) is 28.9 Å². The summed E-state index contributed by atoms with van der Waals surface area (Å²) in [5, 5.41) is 0.703. The van der Waals surface area contributed by atoms with Crippen molar-refractivity contribution < 1.29 is 0 Å². The van der Waals surface area contributed by atoms with E-state index in [1.54, 1.807) is 23.4 Å². The maximum Gasteiger partial charge on any atom is 0.0453 e. The number of nitrogen functional groups attached to an aromatic ring is 1. The van der Waals surface area contributed by atoms with E-state index in [-0.39, 0.29) is 0 Å². The fourth-order valence-corrected chi connectivity index (χ4v) is 2.17. The highest BCUT2D eigenvalue weighted by Gasteiger charge is 2.01. The highest BCUT2D eigenvalue weighted by molar-refractivity contribution is 7.99. The van der Waals surface area contributed by atoms with Gasteiger partial charge in [0.25, 0.3) is 0 Å². The first-order chi connectivity index (χ1) is 6.63. The van der Waals surface area contributed by atoms with Gasteiger partial charge in [-0.3, -0.25) is 0 Å². The minimum Gasteiger partial charge on any atom is -0.398 e. The first-order valence-corrected chi connectivity index (χ1v) is 5.87. The van der Waals surface area contributed by atoms with E-state index in [0.717, 1.165) is 21.9 Å². The van der Waals surface area contributed by atoms with Gasteiger partial charge in [0, 0.05) is 26.9 Å². The van der Waals surface area contributed by atoms with Gasteiger partial charge in [-0.2, -0.15) is 0 Å². The summed E-state index contributed by atoms with van der Waals surface area (Å²) in [7, 11) is 0. The van der Waals surface area contributed by atoms with Crippen molar-refractivity contribution in [2.75, 3.05) is 11.5 Å². The molecule has 2 N–H and O–H groups in total. The summed E-state index contributed by atoms with van der Waals surface area (Å²) in [5.74, 6) is 0.827. The highest BCUT2D eigenvalue weighted by Crippen LogP contribution is 2.29. The van der Waals surface area contributed by atoms with Crippen LogP contribution in [0.4, 0.5) is 5.69 Å². The second kappa shape index (κ2) is 5.54. The van der Waals surface area contributed by atoms with Crippen LogP contribution in [0.2, 0.25) is 5.02 Å². The Bertz CT molecular complexity index is 350. The first-order valence-electron chi connectivity index (χ1n) is 4.07. The van der Waals surface area contributed by atoms with Crippen LogP contribution in [0.1, 0.15) is 6.92 Å². The molecule has 1 aromatic carbocycles. The van der Waals surface area contributed by atoms with Crippen molar-refractivity contribution in [3.8, 4) is 0 Å². The van der Waals surface area contributed by atoms with E-state index in [1.807, 2.05) is 19.1 Å². The Hall–Kier alpha value is -0.310. The molecule has 0 aliphatic rings. The standard InChI is InChI=1S/C10H11Cl2NS/c1-7(5-11)6-14-10-4-8(12)2-3-9(10)13/h2-5H,6,13H2,1H3/b7-5-. The average Bonchev–Trinajstić information content (AvgIpc) is 2.19. The molecule has 0 aromatic heterocycles. The summed E-state index contributed by atoms with van der Waals surface area (Å²) in [6, 6.07) is 5.46. The third kappa shape index (κ3) is 3.45. The lowest BCUT2D eigenvalue weighted by Gasteiger charge is -2.05. The number of halogens is 2. The number of hydrogen-bond acceptors (Lipinski definition) is 2. The molecule has 0 saturated heterocycles. The van der Waals surface area contributed by atoms with Crippen LogP contribution in [0.25, 0.3) is 0 Å². The lowest BCUT2D eigenvalue weighted by molar-refractivity contribution is 1.40. The van der Waals surface area contributed by atoms with Crippen LogP contribution in [0.5, 0.6) is 0 Å². The van der Waals surface area contributed by atoms with Gasteiger partial charge in [0.2, 0.25) is 0 Å². The summed E-state index contributed by atoms with van der Waals surface area (Å²) < 4.78 is 0. The van der Waals surface area contributed by atoms with Crippen molar-refractivity contribution in [3.05, 3.63) is 34.3 Å². The molecule has 1 aromatic rings. The molecular formula is C10H11Cl2NS. The number of anilines is 1. The Labute approximate surface area is 98.3 Å². The molecule has 0 unspecified atom stereocenters. The lowest BCUT2D eigenvalue weighted by Crippen LogP contribution is -1.89. The number of thioether (sulfide) groups is 1. The maximum absolute atomic E-state index is 5.86. The quantitative estimate of drug-likeness (QED) is 0.642. The van der Waals surface area contributed by atoms with Gasteiger partial charge in [-0.25, -0.2) is 0 Å². The van der Waals surface area contributed by atoms with Gasteiger partial charge < -0.3 is 5.73 Å². The molecular weight excluding hydrogens is 237 g/mol. The predicted molar refractivity (Wildman–Crippen MR) is 66.2 cm³/mol. The summed E-state index contributed by atoms with van der Waals surface area (Å²) in [5.41, 5.74) is 9.22. The van der Waals surface area contributed by atoms with Crippen LogP contribution in [0.15, 0.2) is 34.2 Å². The zero-order valence-corrected chi connectivity index (χ0v) is 10.1. The summed E-state index contributed by atoms with van der Waals surface area (Å²) in [6.07, 6.45) is 0. The third-order valence-electron chi connectivity index (χ3n) is 1.62. The van der Waals surface area contributed by atoms with E-state index >= 15 is 0 Å². The van der Waals surface area contributed by atoms with Gasteiger partial charge in [0.05, 0.1) is 0 Å². The Morgan fingerprint density at radius 3 is 2.93 bits per heavy atom. The first kappa shape index (κ1) is 11.8. The number of nitrogens with two attached hydrogens (primary N) is 1. The van der Waals surface area contributed by atoms with Gasteiger partial charge in [0.1, 0.15) is 0 Å². The monoisotopic (exact) mass is 247 g/mol. The van der Waals surface area contributed by atoms with Crippen molar-refractivity contribution in [2.24, 2.45) is 0 Å². The SMILES string of the molecule is C/C(=C/Cl)CSc1cc(Cl)ccc1N. The molecule has 76 valence electrons. The fraction of sp³-hybridized carbons (Fsp3) is 0.200. The molecule has 0 saturated carbocycles. The molecule has 0 radical (unpaired) electrons. The molecule has 1 nitrogen and oxygen atoms in total. The number of hydrogen-bond donors (Lipinski definition) is 1. The third-order valence-corrected chi connectivity index (χ3v) is 3.49. The van der Waals surface area contributed by atoms with Gasteiger partial charge >= 0.3 is 0 Å². The molecule has 0 fully saturated rings. The topological polar surface area (TPSA) is 26.0 Å². The molecule has 14 heavy (non-hydrogen) atoms. The van der Waals surface area contributed by atoms with Gasteiger partial charge in [0.15, 0.2) is 0 Å². The van der Waals surface area contributed by atoms with E-state index in [2.05, 4.69) is 0 Å². The Balaban J connectivity index is 2.71. The van der Waals surface area contributed by atoms with Gasteiger partial charge in [-0.1, -0.05) is 28.8 Å². The normalized spacial score (nSPS) is 11.8. The lowest BCUT2D eigenvalue weighted by atomic mass is 10.3. The average molecular weight is 248 g/mol. The fourth-order valence-electron chi connectivity index (χ4n) is 0.856. The Morgan fingerprint density at radius 1 is 1.57 bits per heavy atom. The van der Waals surface area contributed by atoms with E-state index in [1.165, 1.54) is 0 Å². The van der Waals surface area contributed by atoms with Crippen molar-refractivity contribution in [2.45, 2.75) is 11.8 Å². The van der Waals surface area contributed by atoms with Gasteiger partial charge in [-0.15, -0.1) is 11.8 Å². The maximum atomic E-state index is 5.86. The summed E-state index contributed by atoms with van der Waals surface area (Å²) in [4.78, 5) is 0.996. The molecule has 0 amide bonds. The molecule has 0 spiro atoms. The van der Waals surface area contributed by atoms with E-state index in [0.29, 0.717) is 5.02 Å². The number of rotatable bonds is 3. The van der Waals surface area contributed by atoms with Crippen LogP contribution >= 0.6 is 35.0 Å². The van der Waals surface area contributed by atoms with Gasteiger partial charge in [-0.05, 0) is 25.1 Å². The van der Waals surface area contributed by atoms with Crippen molar-refractivity contribution in [3.63, 3.8) is 0 Å². The second-order valence-corrected chi connectivity index (χ2v) is 4.60. The molecule has 0 heterocycles.